The molecule has 0 bridgehead atoms. The van der Waals surface area contributed by atoms with Crippen LogP contribution in [0.1, 0.15) is 26.7 Å². The van der Waals surface area contributed by atoms with Crippen LogP contribution in [0, 0.1) is 5.92 Å². The molecule has 1 aromatic rings. The average Bonchev–Trinajstić information content (AvgIpc) is 3.04. The average molecular weight is 291 g/mol. The van der Waals surface area contributed by atoms with Crippen LogP contribution in [0.4, 0.5) is 5.69 Å². The van der Waals surface area contributed by atoms with Crippen LogP contribution in [-0.4, -0.2) is 32.0 Å². The highest BCUT2D eigenvalue weighted by atomic mass is 16.7. The zero-order chi connectivity index (χ0) is 14.8. The number of hydrogen-bond acceptors (Lipinski definition) is 5. The molecule has 1 fully saturated rings. The molecule has 2 aliphatic rings. The molecule has 0 aromatic heterocycles. The van der Waals surface area contributed by atoms with Gasteiger partial charge in [0.05, 0.1) is 12.5 Å². The van der Waals surface area contributed by atoms with Crippen LogP contribution in [0.15, 0.2) is 18.2 Å². The standard InChI is InChI=1S/C16H21NO4/c1-11(2)21-16(18)7-12-5-6-17(9-12)13-3-4-14-15(8-13)20-10-19-14/h3-4,8,11-12H,5-7,9-10H2,1-2H3. The van der Waals surface area contributed by atoms with E-state index in [9.17, 15) is 4.79 Å². The maximum atomic E-state index is 11.7. The molecule has 5 nitrogen and oxygen atoms in total. The predicted octanol–water partition coefficient (Wildman–Crippen LogP) is 2.58. The van der Waals surface area contributed by atoms with E-state index in [1.165, 1.54) is 0 Å². The van der Waals surface area contributed by atoms with Crippen LogP contribution in [0.2, 0.25) is 0 Å². The van der Waals surface area contributed by atoms with Gasteiger partial charge in [0.25, 0.3) is 0 Å². The topological polar surface area (TPSA) is 48.0 Å². The van der Waals surface area contributed by atoms with E-state index in [0.29, 0.717) is 19.1 Å². The molecule has 21 heavy (non-hydrogen) atoms. The van der Waals surface area contributed by atoms with Crippen LogP contribution >= 0.6 is 0 Å². The normalized spacial score (nSPS) is 20.1. The second-order valence-electron chi connectivity index (χ2n) is 5.88. The third kappa shape index (κ3) is 3.23. The summed E-state index contributed by atoms with van der Waals surface area (Å²) in [5.41, 5.74) is 1.12. The second-order valence-corrected chi connectivity index (χ2v) is 5.88. The summed E-state index contributed by atoms with van der Waals surface area (Å²) in [5.74, 6) is 1.87. The minimum Gasteiger partial charge on any atom is -0.463 e. The molecule has 114 valence electrons. The Hall–Kier alpha value is -1.91. The summed E-state index contributed by atoms with van der Waals surface area (Å²) in [6, 6.07) is 6.00. The molecule has 1 atom stereocenters. The van der Waals surface area contributed by atoms with Crippen molar-refractivity contribution in [1.29, 1.82) is 0 Å². The molecule has 1 aromatic carbocycles. The fraction of sp³-hybridized carbons (Fsp3) is 0.562. The van der Waals surface area contributed by atoms with Crippen molar-refractivity contribution in [3.8, 4) is 11.5 Å². The summed E-state index contributed by atoms with van der Waals surface area (Å²) in [4.78, 5) is 14.0. The monoisotopic (exact) mass is 291 g/mol. The van der Waals surface area contributed by atoms with Gasteiger partial charge in [0, 0.05) is 24.8 Å². The Labute approximate surface area is 124 Å². The molecular formula is C16H21NO4. The highest BCUT2D eigenvalue weighted by Crippen LogP contribution is 2.37. The largest absolute Gasteiger partial charge is 0.463 e. The summed E-state index contributed by atoms with van der Waals surface area (Å²) in [6.45, 7) is 5.89. The number of anilines is 1. The molecule has 0 saturated carbocycles. The lowest BCUT2D eigenvalue weighted by Crippen LogP contribution is -2.21. The van der Waals surface area contributed by atoms with E-state index in [-0.39, 0.29) is 12.1 Å². The predicted molar refractivity (Wildman–Crippen MR) is 78.7 cm³/mol. The highest BCUT2D eigenvalue weighted by molar-refractivity contribution is 5.70. The second kappa shape index (κ2) is 5.84. The molecule has 1 saturated heterocycles. The van der Waals surface area contributed by atoms with Crippen LogP contribution in [0.3, 0.4) is 0 Å². The number of benzene rings is 1. The quantitative estimate of drug-likeness (QED) is 0.798. The molecule has 5 heteroatoms. The van der Waals surface area contributed by atoms with E-state index < -0.39 is 0 Å². The number of ether oxygens (including phenoxy) is 3. The first-order chi connectivity index (χ1) is 10.1. The van der Waals surface area contributed by atoms with Crippen molar-refractivity contribution in [3.05, 3.63) is 18.2 Å². The molecule has 2 aliphatic heterocycles. The zero-order valence-electron chi connectivity index (χ0n) is 12.5. The fourth-order valence-electron chi connectivity index (χ4n) is 2.86. The van der Waals surface area contributed by atoms with Gasteiger partial charge in [0.1, 0.15) is 0 Å². The van der Waals surface area contributed by atoms with Crippen LogP contribution in [-0.2, 0) is 9.53 Å². The minimum absolute atomic E-state index is 0.0381. The molecule has 0 aliphatic carbocycles. The van der Waals surface area contributed by atoms with E-state index in [1.807, 2.05) is 32.0 Å². The lowest BCUT2D eigenvalue weighted by atomic mass is 10.1. The summed E-state index contributed by atoms with van der Waals surface area (Å²) in [5, 5.41) is 0. The molecule has 0 radical (unpaired) electrons. The van der Waals surface area contributed by atoms with E-state index in [1.54, 1.807) is 0 Å². The number of carbonyl (C=O) groups excluding carboxylic acids is 1. The minimum atomic E-state index is -0.0949. The van der Waals surface area contributed by atoms with Crippen LogP contribution < -0.4 is 14.4 Å². The van der Waals surface area contributed by atoms with Crippen molar-refractivity contribution in [2.75, 3.05) is 24.8 Å². The van der Waals surface area contributed by atoms with Crippen molar-refractivity contribution < 1.29 is 19.0 Å². The van der Waals surface area contributed by atoms with Gasteiger partial charge in [-0.25, -0.2) is 0 Å². The number of rotatable bonds is 4. The van der Waals surface area contributed by atoms with E-state index in [2.05, 4.69) is 4.90 Å². The molecule has 0 spiro atoms. The number of fused-ring (bicyclic) bond motifs is 1. The summed E-state index contributed by atoms with van der Waals surface area (Å²) in [6.07, 6.45) is 1.48. The smallest absolute Gasteiger partial charge is 0.306 e. The molecule has 1 unspecified atom stereocenters. The van der Waals surface area contributed by atoms with Gasteiger partial charge >= 0.3 is 5.97 Å². The van der Waals surface area contributed by atoms with Gasteiger partial charge in [-0.05, 0) is 38.3 Å². The number of hydrogen-bond donors (Lipinski definition) is 0. The molecule has 0 amide bonds. The van der Waals surface area contributed by atoms with E-state index in [4.69, 9.17) is 14.2 Å². The molecule has 2 heterocycles. The molecular weight excluding hydrogens is 270 g/mol. The van der Waals surface area contributed by atoms with E-state index >= 15 is 0 Å². The number of esters is 1. The summed E-state index contributed by atoms with van der Waals surface area (Å²) >= 11 is 0. The van der Waals surface area contributed by atoms with Gasteiger partial charge in [-0.1, -0.05) is 0 Å². The summed E-state index contributed by atoms with van der Waals surface area (Å²) in [7, 11) is 0. The number of carbonyl (C=O) groups is 1. The Morgan fingerprint density at radius 2 is 2.19 bits per heavy atom. The fourth-order valence-corrected chi connectivity index (χ4v) is 2.86. The van der Waals surface area contributed by atoms with Gasteiger partial charge in [0.2, 0.25) is 6.79 Å². The Morgan fingerprint density at radius 3 is 3.00 bits per heavy atom. The summed E-state index contributed by atoms with van der Waals surface area (Å²) < 4.78 is 16.0. The third-order valence-corrected chi connectivity index (χ3v) is 3.83. The Morgan fingerprint density at radius 1 is 1.38 bits per heavy atom. The van der Waals surface area contributed by atoms with Crippen LogP contribution in [0.25, 0.3) is 0 Å². The SMILES string of the molecule is CC(C)OC(=O)CC1CCN(c2ccc3c(c2)OCO3)C1. The van der Waals surface area contributed by atoms with E-state index in [0.717, 1.165) is 36.7 Å². The Balaban J connectivity index is 1.58. The van der Waals surface area contributed by atoms with Crippen LogP contribution in [0.5, 0.6) is 11.5 Å². The lowest BCUT2D eigenvalue weighted by molar-refractivity contribution is -0.148. The van der Waals surface area contributed by atoms with Crippen molar-refractivity contribution in [1.82, 2.24) is 0 Å². The first kappa shape index (κ1) is 14.0. The number of nitrogens with zero attached hydrogens (tertiary/aromatic N) is 1. The first-order valence-corrected chi connectivity index (χ1v) is 7.46. The first-order valence-electron chi connectivity index (χ1n) is 7.46. The van der Waals surface area contributed by atoms with Gasteiger partial charge in [-0.2, -0.15) is 0 Å². The Kier molecular flexibility index (Phi) is 3.90. The van der Waals surface area contributed by atoms with Gasteiger partial charge < -0.3 is 19.1 Å². The maximum absolute atomic E-state index is 11.7. The van der Waals surface area contributed by atoms with Crippen molar-refractivity contribution >= 4 is 11.7 Å². The molecule has 0 N–H and O–H groups in total. The van der Waals surface area contributed by atoms with Crippen molar-refractivity contribution in [3.63, 3.8) is 0 Å². The zero-order valence-corrected chi connectivity index (χ0v) is 12.5. The van der Waals surface area contributed by atoms with Gasteiger partial charge in [0.15, 0.2) is 11.5 Å². The van der Waals surface area contributed by atoms with Gasteiger partial charge in [-0.3, -0.25) is 4.79 Å². The Bertz CT molecular complexity index is 529. The lowest BCUT2D eigenvalue weighted by Gasteiger charge is -2.19. The third-order valence-electron chi connectivity index (χ3n) is 3.83. The molecule has 3 rings (SSSR count). The van der Waals surface area contributed by atoms with Crippen molar-refractivity contribution in [2.24, 2.45) is 5.92 Å². The van der Waals surface area contributed by atoms with Gasteiger partial charge in [-0.15, -0.1) is 0 Å². The van der Waals surface area contributed by atoms with Crippen molar-refractivity contribution in [2.45, 2.75) is 32.8 Å². The maximum Gasteiger partial charge on any atom is 0.306 e. The highest BCUT2D eigenvalue weighted by Gasteiger charge is 2.26.